The van der Waals surface area contributed by atoms with E-state index in [-0.39, 0.29) is 17.8 Å². The molecule has 1 fully saturated rings. The number of halogens is 1. The summed E-state index contributed by atoms with van der Waals surface area (Å²) in [4.78, 5) is 12.2. The summed E-state index contributed by atoms with van der Waals surface area (Å²) in [5.41, 5.74) is 1.28. The van der Waals surface area contributed by atoms with Gasteiger partial charge in [-0.1, -0.05) is 26.2 Å². The molecule has 1 aliphatic carbocycles. The van der Waals surface area contributed by atoms with Crippen LogP contribution in [-0.2, 0) is 0 Å². The Morgan fingerprint density at radius 2 is 2.21 bits per heavy atom. The maximum atomic E-state index is 13.0. The standard InChI is InChI=1S/C16H22FNO/c1-3-12-5-4-6-14(10-12)18-16(19)15-8-7-13(17)9-11(15)2/h7-9,12,14H,3-6,10H2,1-2H3,(H,18,19). The van der Waals surface area contributed by atoms with Crippen molar-refractivity contribution in [1.82, 2.24) is 5.32 Å². The Labute approximate surface area is 114 Å². The molecule has 2 unspecified atom stereocenters. The van der Waals surface area contributed by atoms with Gasteiger partial charge in [0.05, 0.1) is 0 Å². The summed E-state index contributed by atoms with van der Waals surface area (Å²) in [6.07, 6.45) is 5.78. The molecule has 0 radical (unpaired) electrons. The minimum Gasteiger partial charge on any atom is -0.349 e. The molecule has 19 heavy (non-hydrogen) atoms. The first-order valence-corrected chi connectivity index (χ1v) is 7.17. The number of aryl methyl sites for hydroxylation is 1. The third-order valence-electron chi connectivity index (χ3n) is 4.13. The van der Waals surface area contributed by atoms with Gasteiger partial charge in [-0.25, -0.2) is 4.39 Å². The summed E-state index contributed by atoms with van der Waals surface area (Å²) in [6, 6.07) is 4.60. The first kappa shape index (κ1) is 14.0. The van der Waals surface area contributed by atoms with Crippen LogP contribution in [0.1, 0.15) is 54.9 Å². The number of amides is 1. The van der Waals surface area contributed by atoms with Crippen LogP contribution in [0.15, 0.2) is 18.2 Å². The molecule has 1 N–H and O–H groups in total. The Morgan fingerprint density at radius 1 is 1.42 bits per heavy atom. The average Bonchev–Trinajstić information content (AvgIpc) is 2.38. The summed E-state index contributed by atoms with van der Waals surface area (Å²) in [6.45, 7) is 3.98. The van der Waals surface area contributed by atoms with Gasteiger partial charge in [0.15, 0.2) is 0 Å². The SMILES string of the molecule is CCC1CCCC(NC(=O)c2ccc(F)cc2C)C1. The fraction of sp³-hybridized carbons (Fsp3) is 0.562. The number of rotatable bonds is 3. The second-order valence-electron chi connectivity index (χ2n) is 5.57. The quantitative estimate of drug-likeness (QED) is 0.882. The van der Waals surface area contributed by atoms with Gasteiger partial charge in [-0.05, 0) is 49.4 Å². The maximum absolute atomic E-state index is 13.0. The zero-order valence-corrected chi connectivity index (χ0v) is 11.7. The van der Waals surface area contributed by atoms with Gasteiger partial charge in [-0.15, -0.1) is 0 Å². The van der Waals surface area contributed by atoms with E-state index in [1.165, 1.54) is 31.4 Å². The third-order valence-corrected chi connectivity index (χ3v) is 4.13. The van der Waals surface area contributed by atoms with Gasteiger partial charge >= 0.3 is 0 Å². The lowest BCUT2D eigenvalue weighted by atomic mass is 9.84. The second-order valence-corrected chi connectivity index (χ2v) is 5.57. The zero-order valence-electron chi connectivity index (χ0n) is 11.7. The summed E-state index contributed by atoms with van der Waals surface area (Å²) in [7, 11) is 0. The van der Waals surface area contributed by atoms with Crippen LogP contribution in [0.2, 0.25) is 0 Å². The van der Waals surface area contributed by atoms with Crippen molar-refractivity contribution in [3.8, 4) is 0 Å². The van der Waals surface area contributed by atoms with E-state index in [0.29, 0.717) is 11.1 Å². The fourth-order valence-corrected chi connectivity index (χ4v) is 2.94. The van der Waals surface area contributed by atoms with E-state index in [0.717, 1.165) is 18.8 Å². The molecule has 1 saturated carbocycles. The predicted octanol–water partition coefficient (Wildman–Crippen LogP) is 3.83. The number of carbonyl (C=O) groups is 1. The van der Waals surface area contributed by atoms with Gasteiger partial charge in [0.2, 0.25) is 0 Å². The van der Waals surface area contributed by atoms with E-state index in [1.54, 1.807) is 13.0 Å². The Hall–Kier alpha value is -1.38. The normalized spacial score (nSPS) is 23.1. The third kappa shape index (κ3) is 3.55. The first-order valence-electron chi connectivity index (χ1n) is 7.17. The van der Waals surface area contributed by atoms with Crippen molar-refractivity contribution in [3.63, 3.8) is 0 Å². The van der Waals surface area contributed by atoms with E-state index in [4.69, 9.17) is 0 Å². The van der Waals surface area contributed by atoms with Crippen LogP contribution in [0.3, 0.4) is 0 Å². The van der Waals surface area contributed by atoms with Crippen LogP contribution in [0.25, 0.3) is 0 Å². The Morgan fingerprint density at radius 3 is 2.89 bits per heavy atom. The molecule has 0 aliphatic heterocycles. The summed E-state index contributed by atoms with van der Waals surface area (Å²) < 4.78 is 13.0. The number of carbonyl (C=O) groups excluding carboxylic acids is 1. The Balaban J connectivity index is 2.00. The second kappa shape index (κ2) is 6.18. The highest BCUT2D eigenvalue weighted by atomic mass is 19.1. The Bertz CT molecular complexity index is 458. The van der Waals surface area contributed by atoms with Crippen molar-refractivity contribution in [2.24, 2.45) is 5.92 Å². The first-order chi connectivity index (χ1) is 9.10. The smallest absolute Gasteiger partial charge is 0.251 e. The zero-order chi connectivity index (χ0) is 13.8. The van der Waals surface area contributed by atoms with Crippen LogP contribution in [-0.4, -0.2) is 11.9 Å². The van der Waals surface area contributed by atoms with Gasteiger partial charge in [0.25, 0.3) is 5.91 Å². The molecular weight excluding hydrogens is 241 g/mol. The van der Waals surface area contributed by atoms with Gasteiger partial charge in [-0.2, -0.15) is 0 Å². The molecule has 0 heterocycles. The molecule has 1 aliphatic rings. The highest BCUT2D eigenvalue weighted by molar-refractivity contribution is 5.95. The molecular formula is C16H22FNO. The van der Waals surface area contributed by atoms with Gasteiger partial charge in [-0.3, -0.25) is 4.79 Å². The largest absolute Gasteiger partial charge is 0.349 e. The fourth-order valence-electron chi connectivity index (χ4n) is 2.94. The average molecular weight is 263 g/mol. The molecule has 1 aromatic rings. The van der Waals surface area contributed by atoms with Crippen molar-refractivity contribution in [2.75, 3.05) is 0 Å². The molecule has 1 amide bonds. The molecule has 0 aromatic heterocycles. The van der Waals surface area contributed by atoms with E-state index in [9.17, 15) is 9.18 Å². The predicted molar refractivity (Wildman–Crippen MR) is 74.6 cm³/mol. The minimum atomic E-state index is -0.294. The monoisotopic (exact) mass is 263 g/mol. The number of hydrogen-bond acceptors (Lipinski definition) is 1. The van der Waals surface area contributed by atoms with Crippen LogP contribution in [0, 0.1) is 18.7 Å². The topological polar surface area (TPSA) is 29.1 Å². The lowest BCUT2D eigenvalue weighted by Crippen LogP contribution is -2.38. The van der Waals surface area contributed by atoms with Crippen LogP contribution >= 0.6 is 0 Å². The molecule has 2 atom stereocenters. The van der Waals surface area contributed by atoms with Gasteiger partial charge < -0.3 is 5.32 Å². The van der Waals surface area contributed by atoms with E-state index in [1.807, 2.05) is 0 Å². The maximum Gasteiger partial charge on any atom is 0.251 e. The van der Waals surface area contributed by atoms with Crippen molar-refractivity contribution in [1.29, 1.82) is 0 Å². The van der Waals surface area contributed by atoms with E-state index < -0.39 is 0 Å². The van der Waals surface area contributed by atoms with E-state index in [2.05, 4.69) is 12.2 Å². The summed E-state index contributed by atoms with van der Waals surface area (Å²) >= 11 is 0. The highest BCUT2D eigenvalue weighted by Gasteiger charge is 2.22. The molecule has 0 bridgehead atoms. The highest BCUT2D eigenvalue weighted by Crippen LogP contribution is 2.26. The molecule has 1 aromatic carbocycles. The lowest BCUT2D eigenvalue weighted by molar-refractivity contribution is 0.0918. The Kier molecular flexibility index (Phi) is 4.56. The molecule has 104 valence electrons. The van der Waals surface area contributed by atoms with Crippen LogP contribution in [0.4, 0.5) is 4.39 Å². The number of hydrogen-bond donors (Lipinski definition) is 1. The molecule has 2 nitrogen and oxygen atoms in total. The molecule has 0 spiro atoms. The molecule has 3 heteroatoms. The van der Waals surface area contributed by atoms with Gasteiger partial charge in [0.1, 0.15) is 5.82 Å². The summed E-state index contributed by atoms with van der Waals surface area (Å²) in [5, 5.41) is 3.10. The molecule has 2 rings (SSSR count). The number of nitrogens with one attached hydrogen (secondary N) is 1. The van der Waals surface area contributed by atoms with E-state index >= 15 is 0 Å². The number of benzene rings is 1. The molecule has 0 saturated heterocycles. The van der Waals surface area contributed by atoms with Crippen molar-refractivity contribution >= 4 is 5.91 Å². The van der Waals surface area contributed by atoms with Crippen molar-refractivity contribution in [2.45, 2.75) is 52.0 Å². The van der Waals surface area contributed by atoms with Crippen LogP contribution < -0.4 is 5.32 Å². The lowest BCUT2D eigenvalue weighted by Gasteiger charge is -2.29. The summed E-state index contributed by atoms with van der Waals surface area (Å²) in [5.74, 6) is 0.366. The van der Waals surface area contributed by atoms with Crippen molar-refractivity contribution in [3.05, 3.63) is 35.1 Å². The minimum absolute atomic E-state index is 0.0701. The van der Waals surface area contributed by atoms with Crippen LogP contribution in [0.5, 0.6) is 0 Å². The van der Waals surface area contributed by atoms with Crippen molar-refractivity contribution < 1.29 is 9.18 Å². The van der Waals surface area contributed by atoms with Gasteiger partial charge in [0, 0.05) is 11.6 Å².